The Bertz CT molecular complexity index is 937. The van der Waals surface area contributed by atoms with Gasteiger partial charge in [-0.3, -0.25) is 4.79 Å². The van der Waals surface area contributed by atoms with Gasteiger partial charge in [0.05, 0.1) is 24.7 Å². The third-order valence-electron chi connectivity index (χ3n) is 3.95. The fraction of sp³-hybridized carbons (Fsp3) is 0.312. The summed E-state index contributed by atoms with van der Waals surface area (Å²) in [6.07, 6.45) is 4.23. The van der Waals surface area contributed by atoms with Gasteiger partial charge in [-0.05, 0) is 12.5 Å². The third-order valence-corrected chi connectivity index (χ3v) is 3.95. The van der Waals surface area contributed by atoms with Gasteiger partial charge in [0.1, 0.15) is 5.69 Å². The second-order valence-electron chi connectivity index (χ2n) is 5.73. The largest absolute Gasteiger partial charge is 0.385 e. The van der Waals surface area contributed by atoms with E-state index in [0.717, 1.165) is 11.3 Å². The molecule has 0 spiro atoms. The average Bonchev–Trinajstić information content (AvgIpc) is 3.04. The molecule has 0 saturated carbocycles. The summed E-state index contributed by atoms with van der Waals surface area (Å²) in [5.74, 6) is 1.08. The number of carbonyl (C=O) groups is 1. The van der Waals surface area contributed by atoms with Gasteiger partial charge in [0.15, 0.2) is 23.1 Å². The van der Waals surface area contributed by atoms with E-state index in [1.807, 2.05) is 12.1 Å². The van der Waals surface area contributed by atoms with Crippen LogP contribution >= 0.6 is 0 Å². The standard InChI is InChI=1S/C16H17N7O2/c1-17-11-6-15-20-14-5-10(7-19-21-14)9-25-4-2-3-13(24)12-8-18-16(11)23(12)22-15/h5-8,17H,2-4,9H2,1H3,(H,20,21,22). The molecule has 0 radical (unpaired) electrons. The number of nitrogens with zero attached hydrogens (tertiary/aromatic N) is 5. The number of nitrogens with one attached hydrogen (secondary N) is 2. The molecule has 0 saturated heterocycles. The molecule has 0 atom stereocenters. The van der Waals surface area contributed by atoms with Crippen LogP contribution in [0.1, 0.15) is 28.9 Å². The number of anilines is 3. The molecule has 4 rings (SSSR count). The number of hydrogen-bond acceptors (Lipinski definition) is 8. The zero-order chi connectivity index (χ0) is 17.2. The molecule has 9 heteroatoms. The predicted octanol–water partition coefficient (Wildman–Crippen LogP) is 1.80. The molecular weight excluding hydrogens is 322 g/mol. The molecule has 0 aliphatic carbocycles. The van der Waals surface area contributed by atoms with E-state index in [1.54, 1.807) is 24.0 Å². The number of carbonyl (C=O) groups excluding carboxylic acids is 1. The molecule has 0 fully saturated rings. The Morgan fingerprint density at radius 1 is 1.28 bits per heavy atom. The van der Waals surface area contributed by atoms with Crippen LogP contribution in [0.2, 0.25) is 0 Å². The highest BCUT2D eigenvalue weighted by Crippen LogP contribution is 2.23. The molecule has 4 heterocycles. The highest BCUT2D eigenvalue weighted by atomic mass is 16.5. The molecule has 4 bridgehead atoms. The van der Waals surface area contributed by atoms with Crippen molar-refractivity contribution in [1.82, 2.24) is 24.8 Å². The molecule has 0 unspecified atom stereocenters. The second-order valence-corrected chi connectivity index (χ2v) is 5.73. The van der Waals surface area contributed by atoms with Crippen LogP contribution in [-0.2, 0) is 11.3 Å². The Morgan fingerprint density at radius 2 is 2.20 bits per heavy atom. The molecule has 3 aromatic heterocycles. The van der Waals surface area contributed by atoms with Crippen LogP contribution in [0.25, 0.3) is 5.65 Å². The summed E-state index contributed by atoms with van der Waals surface area (Å²) in [7, 11) is 1.80. The van der Waals surface area contributed by atoms with Gasteiger partial charge in [0, 0.05) is 31.7 Å². The van der Waals surface area contributed by atoms with E-state index < -0.39 is 0 Å². The van der Waals surface area contributed by atoms with E-state index >= 15 is 0 Å². The quantitative estimate of drug-likeness (QED) is 0.691. The fourth-order valence-electron chi connectivity index (χ4n) is 2.73. The monoisotopic (exact) mass is 339 g/mol. The molecule has 25 heavy (non-hydrogen) atoms. The maximum absolute atomic E-state index is 12.5. The summed E-state index contributed by atoms with van der Waals surface area (Å²) in [5, 5.41) is 18.8. The number of rotatable bonds is 1. The minimum Gasteiger partial charge on any atom is -0.385 e. The smallest absolute Gasteiger partial charge is 0.183 e. The van der Waals surface area contributed by atoms with Crippen molar-refractivity contribution >= 4 is 28.8 Å². The van der Waals surface area contributed by atoms with Gasteiger partial charge < -0.3 is 15.4 Å². The highest BCUT2D eigenvalue weighted by Gasteiger charge is 2.17. The van der Waals surface area contributed by atoms with Crippen molar-refractivity contribution in [2.75, 3.05) is 24.3 Å². The van der Waals surface area contributed by atoms with Crippen molar-refractivity contribution in [3.05, 3.63) is 35.8 Å². The highest BCUT2D eigenvalue weighted by molar-refractivity contribution is 5.95. The second kappa shape index (κ2) is 6.44. The van der Waals surface area contributed by atoms with Gasteiger partial charge in [0.25, 0.3) is 0 Å². The maximum Gasteiger partial charge on any atom is 0.183 e. The first-order valence-corrected chi connectivity index (χ1v) is 8.01. The fourth-order valence-corrected chi connectivity index (χ4v) is 2.73. The summed E-state index contributed by atoms with van der Waals surface area (Å²) >= 11 is 0. The summed E-state index contributed by atoms with van der Waals surface area (Å²) in [4.78, 5) is 16.8. The molecular formula is C16H17N7O2. The first-order valence-electron chi connectivity index (χ1n) is 8.01. The normalized spacial score (nSPS) is 15.0. The Balaban J connectivity index is 1.85. The molecule has 1 aliphatic rings. The van der Waals surface area contributed by atoms with Gasteiger partial charge in [-0.15, -0.1) is 10.2 Å². The Kier molecular flexibility index (Phi) is 3.98. The minimum absolute atomic E-state index is 0.0156. The van der Waals surface area contributed by atoms with E-state index in [0.29, 0.717) is 49.0 Å². The summed E-state index contributed by atoms with van der Waals surface area (Å²) < 4.78 is 7.17. The van der Waals surface area contributed by atoms with Crippen molar-refractivity contribution in [3.63, 3.8) is 0 Å². The first kappa shape index (κ1) is 15.5. The zero-order valence-electron chi connectivity index (χ0n) is 13.7. The van der Waals surface area contributed by atoms with E-state index in [2.05, 4.69) is 30.9 Å². The van der Waals surface area contributed by atoms with Crippen LogP contribution in [0.3, 0.4) is 0 Å². The Morgan fingerprint density at radius 3 is 3.08 bits per heavy atom. The van der Waals surface area contributed by atoms with Crippen molar-refractivity contribution in [3.8, 4) is 0 Å². The van der Waals surface area contributed by atoms with Crippen LogP contribution in [-0.4, -0.2) is 44.2 Å². The van der Waals surface area contributed by atoms with Crippen molar-refractivity contribution in [2.24, 2.45) is 0 Å². The summed E-state index contributed by atoms with van der Waals surface area (Å²) in [6, 6.07) is 3.68. The van der Waals surface area contributed by atoms with Crippen LogP contribution in [0.5, 0.6) is 0 Å². The summed E-state index contributed by atoms with van der Waals surface area (Å²) in [6.45, 7) is 0.915. The summed E-state index contributed by atoms with van der Waals surface area (Å²) in [5.41, 5.74) is 2.71. The average molecular weight is 339 g/mol. The third kappa shape index (κ3) is 3.01. The first-order chi connectivity index (χ1) is 12.2. The number of imidazole rings is 1. The number of hydrogen-bond donors (Lipinski definition) is 2. The van der Waals surface area contributed by atoms with E-state index in [-0.39, 0.29) is 5.78 Å². The van der Waals surface area contributed by atoms with Gasteiger partial charge in [-0.2, -0.15) is 5.10 Å². The van der Waals surface area contributed by atoms with Crippen molar-refractivity contribution in [1.29, 1.82) is 0 Å². The molecule has 0 amide bonds. The molecule has 9 nitrogen and oxygen atoms in total. The minimum atomic E-state index is -0.0156. The SMILES string of the molecule is CNc1cc2nn3c(cnc13)C(=O)CCCOCc1cnnc(c1)N2. The lowest BCUT2D eigenvalue weighted by molar-refractivity contribution is 0.0913. The van der Waals surface area contributed by atoms with Gasteiger partial charge >= 0.3 is 0 Å². The number of ketones is 1. The molecule has 3 aromatic rings. The lowest BCUT2D eigenvalue weighted by Crippen LogP contribution is -2.11. The number of fused-ring (bicyclic) bond motifs is 3. The van der Waals surface area contributed by atoms with Crippen LogP contribution < -0.4 is 10.6 Å². The van der Waals surface area contributed by atoms with Crippen molar-refractivity contribution in [2.45, 2.75) is 19.4 Å². The topological polar surface area (TPSA) is 106 Å². The molecule has 2 N–H and O–H groups in total. The van der Waals surface area contributed by atoms with Crippen LogP contribution in [0, 0.1) is 0 Å². The molecule has 128 valence electrons. The van der Waals surface area contributed by atoms with Gasteiger partial charge in [-0.25, -0.2) is 9.50 Å². The number of aromatic nitrogens is 5. The number of ether oxygens (including phenoxy) is 1. The Labute approximate surface area is 143 Å². The predicted molar refractivity (Wildman–Crippen MR) is 91.1 cm³/mol. The lowest BCUT2D eigenvalue weighted by Gasteiger charge is -2.11. The van der Waals surface area contributed by atoms with Crippen LogP contribution in [0.15, 0.2) is 24.5 Å². The van der Waals surface area contributed by atoms with Crippen LogP contribution in [0.4, 0.5) is 17.3 Å². The lowest BCUT2D eigenvalue weighted by atomic mass is 10.2. The maximum atomic E-state index is 12.5. The number of Topliss-reactive ketones (excluding diaryl/α,β-unsaturated/α-hetero) is 1. The van der Waals surface area contributed by atoms with E-state index in [1.165, 1.54) is 0 Å². The van der Waals surface area contributed by atoms with Crippen molar-refractivity contribution < 1.29 is 9.53 Å². The van der Waals surface area contributed by atoms with Gasteiger partial charge in [-0.1, -0.05) is 0 Å². The van der Waals surface area contributed by atoms with Gasteiger partial charge in [0.2, 0.25) is 0 Å². The van der Waals surface area contributed by atoms with E-state index in [4.69, 9.17) is 4.74 Å². The molecule has 1 aliphatic heterocycles. The molecule has 0 aromatic carbocycles. The van der Waals surface area contributed by atoms with E-state index in [9.17, 15) is 4.79 Å². The Hall–Kier alpha value is -3.07. The zero-order valence-corrected chi connectivity index (χ0v) is 13.7.